The van der Waals surface area contributed by atoms with Crippen molar-refractivity contribution in [3.63, 3.8) is 0 Å². The lowest BCUT2D eigenvalue weighted by molar-refractivity contribution is -0.0989. The van der Waals surface area contributed by atoms with Crippen LogP contribution in [0.25, 0.3) is 21.7 Å². The maximum absolute atomic E-state index is 14.5. The summed E-state index contributed by atoms with van der Waals surface area (Å²) in [5.41, 5.74) is 1.69. The van der Waals surface area contributed by atoms with E-state index in [1.807, 2.05) is 31.6 Å². The van der Waals surface area contributed by atoms with E-state index in [9.17, 15) is 29.2 Å². The molecule has 2 bridgehead atoms. The molecule has 1 atom stereocenters. The van der Waals surface area contributed by atoms with Crippen LogP contribution in [0.2, 0.25) is 5.02 Å². The standard InChI is InChI=1S/C36H38ClN8O7P/c1-35(2,3)20-40-30-22(17-38)18-39-31-27(30)12-23(13-28(31)37)45(34(47)51-10-11-52-53(48,49)50)32(29-19-44(42-41-29)36-14-21(15-36)16-36)25-6-5-7-26-24(25)8-9-43(4)33(26)46/h5-9,12-13,18-19,21,32H,10-11,14-16,20H2,1-4H3,(H,39,40)(H2,48,49,50)/t21?,32-,36?/m0/s1. The number of nitrogens with one attached hydrogen (secondary N) is 1. The minimum Gasteiger partial charge on any atom is -0.447 e. The van der Waals surface area contributed by atoms with Crippen LogP contribution in [0.4, 0.5) is 16.2 Å². The van der Waals surface area contributed by atoms with E-state index in [2.05, 4.69) is 31.2 Å². The second kappa shape index (κ2) is 13.5. The highest BCUT2D eigenvalue weighted by Crippen LogP contribution is 2.62. The molecule has 3 aromatic heterocycles. The van der Waals surface area contributed by atoms with Gasteiger partial charge in [-0.05, 0) is 65.8 Å². The molecule has 3 fully saturated rings. The van der Waals surface area contributed by atoms with Gasteiger partial charge in [0.1, 0.15) is 24.4 Å². The minimum atomic E-state index is -4.85. The summed E-state index contributed by atoms with van der Waals surface area (Å²) < 4.78 is 24.9. The maximum Gasteiger partial charge on any atom is 0.469 e. The number of rotatable bonds is 11. The monoisotopic (exact) mass is 760 g/mol. The fourth-order valence-electron chi connectivity index (χ4n) is 7.14. The molecular weight excluding hydrogens is 723 g/mol. The summed E-state index contributed by atoms with van der Waals surface area (Å²) in [5, 5.41) is 24.2. The molecule has 17 heteroatoms. The van der Waals surface area contributed by atoms with Crippen molar-refractivity contribution in [3.8, 4) is 6.07 Å². The molecule has 3 heterocycles. The average Bonchev–Trinajstić information content (AvgIpc) is 3.52. The number of nitriles is 1. The summed E-state index contributed by atoms with van der Waals surface area (Å²) in [6, 6.07) is 11.4. The molecule has 0 aliphatic heterocycles. The topological polar surface area (TPSA) is 198 Å². The lowest BCUT2D eigenvalue weighted by atomic mass is 9.50. The van der Waals surface area contributed by atoms with Crippen LogP contribution in [0.3, 0.4) is 0 Å². The first-order chi connectivity index (χ1) is 25.1. The van der Waals surface area contributed by atoms with Gasteiger partial charge in [0.2, 0.25) is 0 Å². The van der Waals surface area contributed by atoms with Crippen molar-refractivity contribution in [1.82, 2.24) is 24.5 Å². The molecule has 15 nitrogen and oxygen atoms in total. The number of amides is 1. The fraction of sp³-hybridized carbons (Fsp3) is 0.389. The predicted molar refractivity (Wildman–Crippen MR) is 198 cm³/mol. The molecule has 8 rings (SSSR count). The number of ether oxygens (including phenoxy) is 1. The van der Waals surface area contributed by atoms with E-state index >= 15 is 0 Å². The first kappa shape index (κ1) is 36.5. The van der Waals surface area contributed by atoms with Crippen molar-refractivity contribution in [3.05, 3.63) is 87.2 Å². The van der Waals surface area contributed by atoms with E-state index in [1.54, 1.807) is 49.6 Å². The summed E-state index contributed by atoms with van der Waals surface area (Å²) in [6.45, 7) is 5.53. The van der Waals surface area contributed by atoms with Crippen LogP contribution >= 0.6 is 19.4 Å². The molecule has 3 aliphatic carbocycles. The molecule has 1 amide bonds. The summed E-state index contributed by atoms with van der Waals surface area (Å²) in [6.07, 6.45) is 6.90. The maximum atomic E-state index is 14.5. The minimum absolute atomic E-state index is 0.139. The van der Waals surface area contributed by atoms with Gasteiger partial charge in [-0.25, -0.2) is 14.0 Å². The third-order valence-corrected chi connectivity index (χ3v) is 10.7. The predicted octanol–water partition coefficient (Wildman–Crippen LogP) is 6.01. The van der Waals surface area contributed by atoms with Crippen LogP contribution in [0.1, 0.15) is 62.9 Å². The number of pyridine rings is 2. The number of aromatic nitrogens is 5. The number of fused-ring (bicyclic) bond motifs is 2. The number of aryl methyl sites for hydroxylation is 1. The lowest BCUT2D eigenvalue weighted by Gasteiger charge is -2.61. The third-order valence-electron chi connectivity index (χ3n) is 9.86. The Labute approximate surface area is 309 Å². The number of phosphoric acid groups is 1. The van der Waals surface area contributed by atoms with Gasteiger partial charge in [0.25, 0.3) is 5.56 Å². The molecule has 3 N–H and O–H groups in total. The number of benzene rings is 2. The Morgan fingerprint density at radius 2 is 1.94 bits per heavy atom. The summed E-state index contributed by atoms with van der Waals surface area (Å²) in [5.74, 6) is 0.655. The zero-order valence-electron chi connectivity index (χ0n) is 29.5. The van der Waals surface area contributed by atoms with E-state index in [0.717, 1.165) is 19.3 Å². The van der Waals surface area contributed by atoms with E-state index in [0.29, 0.717) is 51.1 Å². The van der Waals surface area contributed by atoms with E-state index in [-0.39, 0.29) is 32.8 Å². The number of phosphoric ester groups is 1. The second-order valence-electron chi connectivity index (χ2n) is 14.9. The van der Waals surface area contributed by atoms with Gasteiger partial charge in [-0.3, -0.25) is 19.2 Å². The quantitative estimate of drug-likeness (QED) is 0.105. The molecule has 0 spiro atoms. The van der Waals surface area contributed by atoms with Gasteiger partial charge in [0.05, 0.1) is 45.8 Å². The Bertz CT molecular complexity index is 2400. The van der Waals surface area contributed by atoms with Gasteiger partial charge < -0.3 is 24.4 Å². The molecule has 5 aromatic rings. The highest BCUT2D eigenvalue weighted by Gasteiger charge is 2.59. The van der Waals surface area contributed by atoms with Crippen LogP contribution in [0.5, 0.6) is 0 Å². The largest absolute Gasteiger partial charge is 0.469 e. The van der Waals surface area contributed by atoms with E-state index in [4.69, 9.17) is 16.3 Å². The van der Waals surface area contributed by atoms with Crippen molar-refractivity contribution in [1.29, 1.82) is 5.26 Å². The second-order valence-corrected chi connectivity index (χ2v) is 16.6. The Balaban J connectivity index is 1.45. The Morgan fingerprint density at radius 1 is 1.19 bits per heavy atom. The van der Waals surface area contributed by atoms with E-state index < -0.39 is 33.2 Å². The fourth-order valence-corrected chi connectivity index (χ4v) is 7.72. The van der Waals surface area contributed by atoms with Crippen molar-refractivity contribution in [2.45, 2.75) is 51.6 Å². The molecule has 0 radical (unpaired) electrons. The summed E-state index contributed by atoms with van der Waals surface area (Å²) >= 11 is 6.94. The van der Waals surface area contributed by atoms with Gasteiger partial charge in [-0.1, -0.05) is 49.7 Å². The molecule has 2 aromatic carbocycles. The molecule has 0 saturated heterocycles. The van der Waals surface area contributed by atoms with Gasteiger partial charge in [0, 0.05) is 36.8 Å². The highest BCUT2D eigenvalue weighted by molar-refractivity contribution is 7.46. The van der Waals surface area contributed by atoms with Crippen LogP contribution < -0.4 is 15.8 Å². The van der Waals surface area contributed by atoms with E-state index in [1.165, 1.54) is 15.7 Å². The molecule has 53 heavy (non-hydrogen) atoms. The number of hydrogen-bond donors (Lipinski definition) is 3. The van der Waals surface area contributed by atoms with Gasteiger partial charge in [-0.2, -0.15) is 5.26 Å². The van der Waals surface area contributed by atoms with Crippen molar-refractivity contribution < 1.29 is 28.4 Å². The molecule has 0 unspecified atom stereocenters. The van der Waals surface area contributed by atoms with Gasteiger partial charge >= 0.3 is 13.9 Å². The lowest BCUT2D eigenvalue weighted by Crippen LogP contribution is -2.59. The van der Waals surface area contributed by atoms with Gasteiger partial charge in [-0.15, -0.1) is 5.10 Å². The number of carbonyl (C=O) groups is 1. The number of carbonyl (C=O) groups excluding carboxylic acids is 1. The molecule has 276 valence electrons. The summed E-state index contributed by atoms with van der Waals surface area (Å²) in [4.78, 5) is 52.1. The van der Waals surface area contributed by atoms with Crippen molar-refractivity contribution >= 4 is 58.6 Å². The van der Waals surface area contributed by atoms with Crippen LogP contribution in [-0.2, 0) is 26.4 Å². The van der Waals surface area contributed by atoms with Crippen LogP contribution in [0.15, 0.2) is 59.8 Å². The first-order valence-electron chi connectivity index (χ1n) is 17.0. The Kier molecular flexibility index (Phi) is 9.33. The Hall–Kier alpha value is -4.84. The third kappa shape index (κ3) is 7.01. The number of anilines is 2. The SMILES string of the molecule is Cn1ccc2c([C@@H](c3cn(C45CC(C4)C5)nn3)N(C(=O)OCCOP(=O)(O)O)c3cc(Cl)c4ncc(C#N)c(NCC(C)(C)C)c4c3)cccc2c1=O. The summed E-state index contributed by atoms with van der Waals surface area (Å²) in [7, 11) is -3.20. The molecular formula is C36H38ClN8O7P. The molecule has 3 aliphatic rings. The smallest absolute Gasteiger partial charge is 0.447 e. The zero-order valence-corrected chi connectivity index (χ0v) is 31.1. The zero-order chi connectivity index (χ0) is 37.9. The normalized spacial score (nSPS) is 18.6. The first-order valence-corrected chi connectivity index (χ1v) is 18.9. The van der Waals surface area contributed by atoms with Crippen molar-refractivity contribution in [2.75, 3.05) is 30.0 Å². The number of hydrogen-bond acceptors (Lipinski definition) is 10. The number of nitrogens with zero attached hydrogens (tertiary/aromatic N) is 7. The number of halogens is 1. The Morgan fingerprint density at radius 3 is 2.60 bits per heavy atom. The van der Waals surface area contributed by atoms with Crippen LogP contribution in [-0.4, -0.2) is 60.2 Å². The molecule has 3 saturated carbocycles. The highest BCUT2D eigenvalue weighted by atomic mass is 35.5. The van der Waals surface area contributed by atoms with Gasteiger partial charge in [0.15, 0.2) is 0 Å². The van der Waals surface area contributed by atoms with Crippen LogP contribution in [0, 0.1) is 22.7 Å². The van der Waals surface area contributed by atoms with Crippen molar-refractivity contribution in [2.24, 2.45) is 18.4 Å². The average molecular weight is 761 g/mol.